The van der Waals surface area contributed by atoms with Crippen LogP contribution in [0, 0.1) is 0 Å². The van der Waals surface area contributed by atoms with Crippen molar-refractivity contribution < 1.29 is 9.53 Å². The molecule has 0 atom stereocenters. The van der Waals surface area contributed by atoms with Gasteiger partial charge in [-0.1, -0.05) is 30.0 Å². The molecule has 2 aromatic rings. The van der Waals surface area contributed by atoms with Gasteiger partial charge in [-0.05, 0) is 32.1 Å². The van der Waals surface area contributed by atoms with E-state index in [0.29, 0.717) is 16.7 Å². The third-order valence-electron chi connectivity index (χ3n) is 5.55. The summed E-state index contributed by atoms with van der Waals surface area (Å²) in [6, 6.07) is 0. The van der Waals surface area contributed by atoms with Crippen LogP contribution in [0.15, 0.2) is 9.82 Å². The van der Waals surface area contributed by atoms with Crippen LogP contribution in [0.25, 0.3) is 0 Å². The lowest BCUT2D eigenvalue weighted by Crippen LogP contribution is -2.40. The Morgan fingerprint density at radius 3 is 2.77 bits per heavy atom. The standard InChI is InChI=1S/C20H28N6O3S2/c1-2-17-23-24-19(31-17)21-16(27)13-30-18-14-5-3-4-6-15(14)26(20(28)22-18)8-7-25-9-11-29-12-10-25/h2-13H2,1H3,(H,21,24,27). The molecule has 0 aromatic carbocycles. The highest BCUT2D eigenvalue weighted by molar-refractivity contribution is 8.00. The Morgan fingerprint density at radius 1 is 1.19 bits per heavy atom. The predicted octanol–water partition coefficient (Wildman–Crippen LogP) is 1.60. The SMILES string of the molecule is CCc1nnc(NC(=O)CSc2nc(=O)n(CCN3CCOCC3)c3c2CCCC3)s1. The van der Waals surface area contributed by atoms with Crippen LogP contribution in [-0.4, -0.2) is 69.2 Å². The number of hydrogen-bond donors (Lipinski definition) is 1. The largest absolute Gasteiger partial charge is 0.379 e. The van der Waals surface area contributed by atoms with Gasteiger partial charge in [0.25, 0.3) is 0 Å². The molecule has 1 fully saturated rings. The van der Waals surface area contributed by atoms with Crippen molar-refractivity contribution >= 4 is 34.1 Å². The van der Waals surface area contributed by atoms with Gasteiger partial charge in [0.1, 0.15) is 10.0 Å². The topological polar surface area (TPSA) is 102 Å². The zero-order chi connectivity index (χ0) is 21.6. The average molecular weight is 465 g/mol. The molecule has 1 amide bonds. The number of aromatic nitrogens is 4. The molecule has 11 heteroatoms. The zero-order valence-corrected chi connectivity index (χ0v) is 19.4. The number of fused-ring (bicyclic) bond motifs is 1. The quantitative estimate of drug-likeness (QED) is 0.464. The molecule has 1 aliphatic carbocycles. The first-order chi connectivity index (χ1) is 15.1. The van der Waals surface area contributed by atoms with Gasteiger partial charge in [-0.3, -0.25) is 19.6 Å². The molecule has 0 bridgehead atoms. The molecule has 1 saturated heterocycles. The molecule has 2 aromatic heterocycles. The second-order valence-corrected chi connectivity index (χ2v) is 9.66. The Kier molecular flexibility index (Phi) is 7.70. The number of rotatable bonds is 8. The van der Waals surface area contributed by atoms with Crippen LogP contribution in [0.1, 0.15) is 36.0 Å². The van der Waals surface area contributed by atoms with E-state index in [1.54, 1.807) is 0 Å². The molecule has 2 aliphatic rings. The number of anilines is 1. The fourth-order valence-corrected chi connectivity index (χ4v) is 5.47. The van der Waals surface area contributed by atoms with Crippen LogP contribution in [0.5, 0.6) is 0 Å². The number of aryl methyl sites for hydroxylation is 1. The summed E-state index contributed by atoms with van der Waals surface area (Å²) in [6.45, 7) is 6.78. The van der Waals surface area contributed by atoms with Crippen molar-refractivity contribution in [2.75, 3.05) is 43.9 Å². The normalized spacial score (nSPS) is 16.8. The fraction of sp³-hybridized carbons (Fsp3) is 0.650. The summed E-state index contributed by atoms with van der Waals surface area (Å²) in [5.41, 5.74) is 2.02. The van der Waals surface area contributed by atoms with Crippen molar-refractivity contribution in [3.63, 3.8) is 0 Å². The van der Waals surface area contributed by atoms with E-state index in [4.69, 9.17) is 4.74 Å². The fourth-order valence-electron chi connectivity index (χ4n) is 3.90. The lowest BCUT2D eigenvalue weighted by atomic mass is 9.97. The monoisotopic (exact) mass is 464 g/mol. The summed E-state index contributed by atoms with van der Waals surface area (Å²) in [5.74, 6) is 0.0317. The minimum Gasteiger partial charge on any atom is -0.379 e. The second kappa shape index (κ2) is 10.7. The molecular formula is C20H28N6O3S2. The van der Waals surface area contributed by atoms with Gasteiger partial charge in [-0.2, -0.15) is 4.98 Å². The van der Waals surface area contributed by atoms with E-state index < -0.39 is 0 Å². The van der Waals surface area contributed by atoms with Crippen LogP contribution in [0.2, 0.25) is 0 Å². The Labute approximate surface area is 189 Å². The van der Waals surface area contributed by atoms with E-state index in [9.17, 15) is 9.59 Å². The number of hydrogen-bond acceptors (Lipinski definition) is 9. The summed E-state index contributed by atoms with van der Waals surface area (Å²) in [4.78, 5) is 31.9. The second-order valence-electron chi connectivity index (χ2n) is 7.63. The van der Waals surface area contributed by atoms with Gasteiger partial charge in [0.05, 0.1) is 19.0 Å². The maximum atomic E-state index is 12.8. The minimum atomic E-state index is -0.214. The third-order valence-corrected chi connectivity index (χ3v) is 7.55. The van der Waals surface area contributed by atoms with Crippen molar-refractivity contribution in [2.24, 2.45) is 0 Å². The Morgan fingerprint density at radius 2 is 2.00 bits per heavy atom. The van der Waals surface area contributed by atoms with Crippen molar-refractivity contribution in [2.45, 2.75) is 50.6 Å². The van der Waals surface area contributed by atoms with E-state index in [0.717, 1.165) is 81.2 Å². The number of thioether (sulfide) groups is 1. The first-order valence-corrected chi connectivity index (χ1v) is 12.6. The van der Waals surface area contributed by atoms with Crippen LogP contribution in [0.3, 0.4) is 0 Å². The van der Waals surface area contributed by atoms with Crippen LogP contribution >= 0.6 is 23.1 Å². The smallest absolute Gasteiger partial charge is 0.348 e. The molecule has 0 saturated carbocycles. The van der Waals surface area contributed by atoms with Gasteiger partial charge in [-0.15, -0.1) is 10.2 Å². The van der Waals surface area contributed by atoms with Gasteiger partial charge < -0.3 is 4.74 Å². The predicted molar refractivity (Wildman–Crippen MR) is 121 cm³/mol. The summed E-state index contributed by atoms with van der Waals surface area (Å²) in [6.07, 6.45) is 4.75. The highest BCUT2D eigenvalue weighted by Gasteiger charge is 2.22. The number of ether oxygens (including phenoxy) is 1. The van der Waals surface area contributed by atoms with Gasteiger partial charge >= 0.3 is 5.69 Å². The number of carbonyl (C=O) groups excluding carboxylic acids is 1. The van der Waals surface area contributed by atoms with Crippen molar-refractivity contribution in [1.82, 2.24) is 24.6 Å². The maximum Gasteiger partial charge on any atom is 0.348 e. The Hall–Kier alpha value is -1.82. The summed E-state index contributed by atoms with van der Waals surface area (Å²) >= 11 is 2.72. The molecular weight excluding hydrogens is 436 g/mol. The van der Waals surface area contributed by atoms with Crippen LogP contribution in [0.4, 0.5) is 5.13 Å². The molecule has 31 heavy (non-hydrogen) atoms. The summed E-state index contributed by atoms with van der Waals surface area (Å²) < 4.78 is 7.26. The molecule has 3 heterocycles. The third kappa shape index (κ3) is 5.71. The number of carbonyl (C=O) groups is 1. The summed E-state index contributed by atoms with van der Waals surface area (Å²) in [5, 5.41) is 12.9. The number of nitrogens with one attached hydrogen (secondary N) is 1. The molecule has 1 aliphatic heterocycles. The van der Waals surface area contributed by atoms with Crippen LogP contribution in [-0.2, 0) is 35.3 Å². The van der Waals surface area contributed by atoms with Crippen LogP contribution < -0.4 is 11.0 Å². The first kappa shape index (κ1) is 22.4. The average Bonchev–Trinajstić information content (AvgIpc) is 3.25. The van der Waals surface area contributed by atoms with E-state index in [1.165, 1.54) is 23.1 Å². The molecule has 4 rings (SSSR count). The van der Waals surface area contributed by atoms with Crippen molar-refractivity contribution in [3.05, 3.63) is 26.7 Å². The Balaban J connectivity index is 1.43. The van der Waals surface area contributed by atoms with E-state index in [-0.39, 0.29) is 17.3 Å². The van der Waals surface area contributed by atoms with Crippen molar-refractivity contribution in [3.8, 4) is 0 Å². The lowest BCUT2D eigenvalue weighted by Gasteiger charge is -2.28. The zero-order valence-electron chi connectivity index (χ0n) is 17.8. The lowest BCUT2D eigenvalue weighted by molar-refractivity contribution is -0.113. The molecule has 9 nitrogen and oxygen atoms in total. The highest BCUT2D eigenvalue weighted by Crippen LogP contribution is 2.28. The minimum absolute atomic E-state index is 0.161. The van der Waals surface area contributed by atoms with E-state index in [2.05, 4.69) is 25.4 Å². The highest BCUT2D eigenvalue weighted by atomic mass is 32.2. The molecule has 168 valence electrons. The van der Waals surface area contributed by atoms with Crippen molar-refractivity contribution in [1.29, 1.82) is 0 Å². The van der Waals surface area contributed by atoms with Gasteiger partial charge in [0.2, 0.25) is 11.0 Å². The number of nitrogens with zero attached hydrogens (tertiary/aromatic N) is 5. The maximum absolute atomic E-state index is 12.8. The molecule has 0 unspecified atom stereocenters. The molecule has 0 spiro atoms. The first-order valence-electron chi connectivity index (χ1n) is 10.8. The van der Waals surface area contributed by atoms with Gasteiger partial charge in [-0.25, -0.2) is 4.79 Å². The van der Waals surface area contributed by atoms with E-state index in [1.807, 2.05) is 11.5 Å². The molecule has 1 N–H and O–H groups in total. The van der Waals surface area contributed by atoms with E-state index >= 15 is 0 Å². The van der Waals surface area contributed by atoms with Gasteiger partial charge in [0.15, 0.2) is 0 Å². The summed E-state index contributed by atoms with van der Waals surface area (Å²) in [7, 11) is 0. The molecule has 0 radical (unpaired) electrons. The number of morpholine rings is 1. The Bertz CT molecular complexity index is 970. The van der Waals surface area contributed by atoms with Gasteiger partial charge in [0, 0.05) is 37.4 Å². The number of amides is 1.